The first-order chi connectivity index (χ1) is 34.2. The van der Waals surface area contributed by atoms with Gasteiger partial charge in [-0.25, -0.2) is 4.98 Å². The topological polar surface area (TPSA) is 31.8 Å². The molecule has 9 aromatic rings. The minimum Gasteiger partial charge on any atom is -0.457 e. The van der Waals surface area contributed by atoms with Crippen LogP contribution in [0.1, 0.15) is 24.8 Å². The van der Waals surface area contributed by atoms with E-state index in [1.165, 1.54) is 0 Å². The molecule has 2 aliphatic rings. The molecule has 11 rings (SSSR count). The fourth-order valence-corrected chi connectivity index (χ4v) is 8.48. The van der Waals surface area contributed by atoms with Gasteiger partial charge in [0.2, 0.25) is 0 Å². The van der Waals surface area contributed by atoms with Crippen LogP contribution in [0.5, 0.6) is 11.5 Å². The first-order valence-electron chi connectivity index (χ1n) is 25.0. The van der Waals surface area contributed by atoms with Crippen LogP contribution in [0.4, 0.5) is 39.9 Å². The van der Waals surface area contributed by atoms with Crippen LogP contribution in [0.2, 0.25) is 0 Å². The summed E-state index contributed by atoms with van der Waals surface area (Å²) in [6, 6.07) is 40.3. The summed E-state index contributed by atoms with van der Waals surface area (Å²) in [6.45, 7) is 4.10. The number of para-hydroxylation sites is 2. The number of nitrogens with zero attached hydrogens (tertiary/aromatic N) is 4. The summed E-state index contributed by atoms with van der Waals surface area (Å²) < 4.78 is 94.4. The smallest absolute Gasteiger partial charge is 0.137 e. The van der Waals surface area contributed by atoms with Crippen molar-refractivity contribution in [3.05, 3.63) is 217 Å². The second-order valence-electron chi connectivity index (χ2n) is 15.0. The van der Waals surface area contributed by atoms with E-state index in [0.717, 1.165) is 61.9 Å². The molecule has 0 amide bonds. The minimum absolute atomic E-state index is 0.0891. The zero-order chi connectivity index (χ0) is 49.6. The number of benzene rings is 8. The van der Waals surface area contributed by atoms with E-state index < -0.39 is 60.4 Å². The highest BCUT2D eigenvalue weighted by Crippen LogP contribution is 2.53. The quantitative estimate of drug-likeness (QED) is 0.160. The summed E-state index contributed by atoms with van der Waals surface area (Å²) in [5.74, 6) is 1.88. The van der Waals surface area contributed by atoms with Gasteiger partial charge >= 0.3 is 0 Å². The van der Waals surface area contributed by atoms with Crippen molar-refractivity contribution in [2.24, 2.45) is 0 Å². The number of rotatable bonds is 7. The number of anilines is 7. The Morgan fingerprint density at radius 2 is 1.05 bits per heavy atom. The predicted molar refractivity (Wildman–Crippen MR) is 252 cm³/mol. The van der Waals surface area contributed by atoms with E-state index in [1.807, 2.05) is 97.6 Å². The molecule has 0 saturated carbocycles. The van der Waals surface area contributed by atoms with Crippen molar-refractivity contribution in [1.82, 2.24) is 4.98 Å². The first-order valence-corrected chi connectivity index (χ1v) is 20.0. The molecule has 61 heavy (non-hydrogen) atoms. The summed E-state index contributed by atoms with van der Waals surface area (Å²) in [4.78, 5) is 11.0. The zero-order valence-electron chi connectivity index (χ0n) is 43.3. The fourth-order valence-electron chi connectivity index (χ4n) is 8.48. The molecule has 0 radical (unpaired) electrons. The Morgan fingerprint density at radius 3 is 1.72 bits per heavy atom. The second-order valence-corrected chi connectivity index (χ2v) is 15.0. The van der Waals surface area contributed by atoms with Crippen LogP contribution in [0.15, 0.2) is 206 Å². The number of aromatic nitrogens is 1. The van der Waals surface area contributed by atoms with Crippen molar-refractivity contribution >= 4 is 39.9 Å². The SMILES string of the molecule is [2H]c1c([2H])c([2H])c(-c2cccc(-c3c([2H])c([2H])c([2H])c([2H])c3[2H])c2N2CN(c3cccc(Oc4ccc5c(c4)N(c4ccccn4)c4ccccc4-c4ccccc4-5)c3)c3cc(C)c(C)cc32)c([2H])c1[2H]. The van der Waals surface area contributed by atoms with Gasteiger partial charge in [-0.3, -0.25) is 4.90 Å². The summed E-state index contributed by atoms with van der Waals surface area (Å²) in [5.41, 5.74) is 10.9. The molecule has 8 aromatic carbocycles. The number of hydrogen-bond donors (Lipinski definition) is 0. The van der Waals surface area contributed by atoms with E-state index >= 15 is 0 Å². The van der Waals surface area contributed by atoms with Crippen molar-refractivity contribution < 1.29 is 18.4 Å². The van der Waals surface area contributed by atoms with Gasteiger partial charge in [-0.15, -0.1) is 0 Å². The molecule has 292 valence electrons. The molecule has 0 atom stereocenters. The molecule has 0 aliphatic carbocycles. The van der Waals surface area contributed by atoms with E-state index in [0.29, 0.717) is 22.9 Å². The maximum atomic E-state index is 9.10. The zero-order valence-corrected chi connectivity index (χ0v) is 33.3. The van der Waals surface area contributed by atoms with Gasteiger partial charge in [-0.1, -0.05) is 133 Å². The third kappa shape index (κ3) is 6.39. The number of fused-ring (bicyclic) bond motifs is 6. The molecule has 5 heteroatoms. The normalized spacial score (nSPS) is 14.9. The van der Waals surface area contributed by atoms with Gasteiger partial charge in [0.05, 0.1) is 42.1 Å². The molecular weight excluding hydrogens is 745 g/mol. The van der Waals surface area contributed by atoms with Gasteiger partial charge < -0.3 is 14.5 Å². The van der Waals surface area contributed by atoms with Crippen LogP contribution in [0.25, 0.3) is 44.5 Å². The van der Waals surface area contributed by atoms with Crippen molar-refractivity contribution in [3.8, 4) is 56.0 Å². The van der Waals surface area contributed by atoms with Gasteiger partial charge in [0.15, 0.2) is 0 Å². The average Bonchev–Trinajstić information content (AvgIpc) is 3.68. The Hall–Kier alpha value is -7.89. The summed E-state index contributed by atoms with van der Waals surface area (Å²) >= 11 is 0. The lowest BCUT2D eigenvalue weighted by molar-refractivity contribution is 0.483. The van der Waals surface area contributed by atoms with E-state index in [9.17, 15) is 0 Å². The molecule has 3 heterocycles. The van der Waals surface area contributed by atoms with Crippen molar-refractivity contribution in [2.75, 3.05) is 21.4 Å². The molecule has 1 aromatic heterocycles. The Morgan fingerprint density at radius 1 is 0.475 bits per heavy atom. The summed E-state index contributed by atoms with van der Waals surface area (Å²) in [5, 5.41) is 0. The van der Waals surface area contributed by atoms with E-state index in [2.05, 4.69) is 52.3 Å². The number of ether oxygens (including phenoxy) is 1. The molecule has 0 N–H and O–H groups in total. The Bertz CT molecular complexity index is 3540. The van der Waals surface area contributed by atoms with E-state index in [4.69, 9.17) is 23.4 Å². The van der Waals surface area contributed by atoms with Gasteiger partial charge in [0, 0.05) is 46.3 Å². The second kappa shape index (κ2) is 15.0. The maximum Gasteiger partial charge on any atom is 0.137 e. The van der Waals surface area contributed by atoms with Gasteiger partial charge in [0.25, 0.3) is 0 Å². The standard InChI is InChI=1S/C56H42N4O/c1-38-33-53-54(34-39(38)2)59(56-45(40-17-5-3-6-18-40)26-16-27-46(56)41-19-7-4-8-20-41)37-58(53)42-21-15-22-43(35-42)61-44-30-31-50-48-24-10-9-23-47(48)49-25-11-12-28-51(49)60(52(50)36-44)55-29-13-14-32-57-55/h3-36H,37H2,1-2H3/i3D,4D,5D,6D,7D,8D,17D,18D,19D,20D. The lowest BCUT2D eigenvalue weighted by Gasteiger charge is -2.27. The summed E-state index contributed by atoms with van der Waals surface area (Å²) in [6.07, 6.45) is 1.78. The molecular formula is C56H42N4O. The minimum atomic E-state index is -0.551. The van der Waals surface area contributed by atoms with Gasteiger partial charge in [-0.05, 0) is 102 Å². The lowest BCUT2D eigenvalue weighted by Crippen LogP contribution is -2.25. The Labute approximate surface area is 371 Å². The summed E-state index contributed by atoms with van der Waals surface area (Å²) in [7, 11) is 0. The molecule has 0 fully saturated rings. The van der Waals surface area contributed by atoms with Crippen molar-refractivity contribution in [3.63, 3.8) is 0 Å². The highest BCUT2D eigenvalue weighted by Gasteiger charge is 2.33. The highest BCUT2D eigenvalue weighted by atomic mass is 16.5. The van der Waals surface area contributed by atoms with Crippen LogP contribution in [0, 0.1) is 13.8 Å². The highest BCUT2D eigenvalue weighted by molar-refractivity contribution is 6.02. The van der Waals surface area contributed by atoms with Crippen molar-refractivity contribution in [2.45, 2.75) is 13.8 Å². The fraction of sp³-hybridized carbons (Fsp3) is 0.0536. The molecule has 0 bridgehead atoms. The van der Waals surface area contributed by atoms with Crippen LogP contribution in [-0.4, -0.2) is 11.7 Å². The number of pyridine rings is 1. The Kier molecular flexibility index (Phi) is 6.66. The molecule has 0 spiro atoms. The molecule has 0 unspecified atom stereocenters. The van der Waals surface area contributed by atoms with Crippen LogP contribution >= 0.6 is 0 Å². The van der Waals surface area contributed by atoms with E-state index in [1.54, 1.807) is 24.4 Å². The number of aryl methyl sites for hydroxylation is 2. The first kappa shape index (κ1) is 27.0. The van der Waals surface area contributed by atoms with Crippen LogP contribution in [-0.2, 0) is 0 Å². The van der Waals surface area contributed by atoms with Crippen LogP contribution < -0.4 is 19.4 Å². The Balaban J connectivity index is 1.05. The third-order valence-corrected chi connectivity index (χ3v) is 11.4. The molecule has 2 aliphatic heterocycles. The monoisotopic (exact) mass is 796 g/mol. The van der Waals surface area contributed by atoms with Crippen LogP contribution in [0.3, 0.4) is 0 Å². The largest absolute Gasteiger partial charge is 0.457 e. The molecule has 5 nitrogen and oxygen atoms in total. The number of hydrogen-bond acceptors (Lipinski definition) is 5. The predicted octanol–water partition coefficient (Wildman–Crippen LogP) is 15.2. The van der Waals surface area contributed by atoms with E-state index in [-0.39, 0.29) is 28.9 Å². The molecule has 0 saturated heterocycles. The lowest BCUT2D eigenvalue weighted by atomic mass is 9.94. The van der Waals surface area contributed by atoms with Gasteiger partial charge in [-0.2, -0.15) is 0 Å². The van der Waals surface area contributed by atoms with Crippen molar-refractivity contribution in [1.29, 1.82) is 0 Å². The average molecular weight is 797 g/mol. The van der Waals surface area contributed by atoms with Gasteiger partial charge in [0.1, 0.15) is 24.0 Å². The third-order valence-electron chi connectivity index (χ3n) is 11.4. The maximum absolute atomic E-state index is 9.10.